The van der Waals surface area contributed by atoms with Gasteiger partial charge in [-0.15, -0.1) is 0 Å². The van der Waals surface area contributed by atoms with Crippen LogP contribution in [0.25, 0.3) is 16.9 Å². The van der Waals surface area contributed by atoms with Gasteiger partial charge in [-0.25, -0.2) is 4.98 Å². The molecule has 0 aliphatic heterocycles. The number of hydrogen-bond donors (Lipinski definition) is 0. The van der Waals surface area contributed by atoms with E-state index >= 15 is 0 Å². The van der Waals surface area contributed by atoms with E-state index in [1.54, 1.807) is 42.1 Å². The van der Waals surface area contributed by atoms with Crippen LogP contribution in [-0.2, 0) is 13.7 Å². The minimum Gasteiger partial charge on any atom is -0.485 e. The third-order valence-corrected chi connectivity index (χ3v) is 4.91. The van der Waals surface area contributed by atoms with Gasteiger partial charge < -0.3 is 4.74 Å². The lowest BCUT2D eigenvalue weighted by Gasteiger charge is -2.11. The first kappa shape index (κ1) is 19.3. The molecule has 0 spiro atoms. The van der Waals surface area contributed by atoms with Gasteiger partial charge in [0.1, 0.15) is 6.61 Å². The fourth-order valence-electron chi connectivity index (χ4n) is 3.21. The lowest BCUT2D eigenvalue weighted by Crippen LogP contribution is -2.19. The van der Waals surface area contributed by atoms with E-state index in [2.05, 4.69) is 10.1 Å². The molecule has 0 bridgehead atoms. The van der Waals surface area contributed by atoms with Crippen molar-refractivity contribution in [3.8, 4) is 17.0 Å². The highest BCUT2D eigenvalue weighted by Gasteiger charge is 2.17. The van der Waals surface area contributed by atoms with Crippen molar-refractivity contribution in [1.29, 1.82) is 0 Å². The van der Waals surface area contributed by atoms with Gasteiger partial charge in [0.15, 0.2) is 11.4 Å². The molecule has 0 fully saturated rings. The Balaban J connectivity index is 1.70. The SMILES string of the molecule is Cc1nc2c(OCc3ccc([N+](=O)[O-])cc3)cccn2c(=O)c1-c1cc(C)n(C)n1. The average molecular weight is 405 g/mol. The summed E-state index contributed by atoms with van der Waals surface area (Å²) in [5.74, 6) is 0.444. The van der Waals surface area contributed by atoms with E-state index in [1.807, 2.05) is 20.0 Å². The Morgan fingerprint density at radius 1 is 1.17 bits per heavy atom. The Kier molecular flexibility index (Phi) is 4.78. The molecule has 0 saturated carbocycles. The van der Waals surface area contributed by atoms with E-state index in [-0.39, 0.29) is 17.9 Å². The third-order valence-electron chi connectivity index (χ3n) is 4.91. The van der Waals surface area contributed by atoms with E-state index in [9.17, 15) is 14.9 Å². The van der Waals surface area contributed by atoms with Gasteiger partial charge in [0.05, 0.1) is 21.9 Å². The number of hydrogen-bond acceptors (Lipinski definition) is 6. The quantitative estimate of drug-likeness (QED) is 0.373. The van der Waals surface area contributed by atoms with Gasteiger partial charge in [0, 0.05) is 31.1 Å². The summed E-state index contributed by atoms with van der Waals surface area (Å²) in [5, 5.41) is 15.2. The highest BCUT2D eigenvalue weighted by atomic mass is 16.6. The molecule has 9 nitrogen and oxygen atoms in total. The molecule has 0 amide bonds. The molecular weight excluding hydrogens is 386 g/mol. The van der Waals surface area contributed by atoms with E-state index < -0.39 is 4.92 Å². The predicted molar refractivity (Wildman–Crippen MR) is 111 cm³/mol. The molecule has 4 rings (SSSR count). The zero-order valence-corrected chi connectivity index (χ0v) is 16.7. The lowest BCUT2D eigenvalue weighted by atomic mass is 10.1. The summed E-state index contributed by atoms with van der Waals surface area (Å²) < 4.78 is 9.03. The van der Waals surface area contributed by atoms with E-state index in [4.69, 9.17) is 4.74 Å². The summed E-state index contributed by atoms with van der Waals surface area (Å²) in [4.78, 5) is 28.1. The van der Waals surface area contributed by atoms with Crippen LogP contribution in [0.3, 0.4) is 0 Å². The van der Waals surface area contributed by atoms with Crippen LogP contribution in [0.1, 0.15) is 17.0 Å². The Bertz CT molecular complexity index is 1300. The minimum atomic E-state index is -0.449. The fraction of sp³-hybridized carbons (Fsp3) is 0.190. The second kappa shape index (κ2) is 7.43. The van der Waals surface area contributed by atoms with Crippen LogP contribution in [-0.4, -0.2) is 24.1 Å². The molecule has 0 unspecified atom stereocenters. The smallest absolute Gasteiger partial charge is 0.269 e. The Hall–Kier alpha value is -4.01. The van der Waals surface area contributed by atoms with Gasteiger partial charge >= 0.3 is 0 Å². The summed E-state index contributed by atoms with van der Waals surface area (Å²) in [7, 11) is 1.82. The normalized spacial score (nSPS) is 11.0. The molecule has 30 heavy (non-hydrogen) atoms. The zero-order chi connectivity index (χ0) is 21.4. The second-order valence-electron chi connectivity index (χ2n) is 6.95. The summed E-state index contributed by atoms with van der Waals surface area (Å²) >= 11 is 0. The standard InChI is InChI=1S/C21H19N5O4/c1-13-11-17(23-24(13)3)19-14(2)22-20-18(5-4-10-25(20)21(19)27)30-12-15-6-8-16(9-7-15)26(28)29/h4-11H,12H2,1-3H3. The number of aryl methyl sites for hydroxylation is 3. The monoisotopic (exact) mass is 405 g/mol. The minimum absolute atomic E-state index is 0.0186. The molecule has 0 radical (unpaired) electrons. The van der Waals surface area contributed by atoms with Crippen molar-refractivity contribution >= 4 is 11.3 Å². The van der Waals surface area contributed by atoms with Gasteiger partial charge in [0.25, 0.3) is 11.2 Å². The molecule has 0 atom stereocenters. The van der Waals surface area contributed by atoms with Gasteiger partial charge in [-0.1, -0.05) is 0 Å². The van der Waals surface area contributed by atoms with Crippen molar-refractivity contribution in [2.45, 2.75) is 20.5 Å². The summed E-state index contributed by atoms with van der Waals surface area (Å²) in [6, 6.07) is 11.4. The molecule has 3 aromatic heterocycles. The Morgan fingerprint density at radius 2 is 1.90 bits per heavy atom. The largest absolute Gasteiger partial charge is 0.485 e. The van der Waals surface area contributed by atoms with Crippen LogP contribution in [0.15, 0.2) is 53.5 Å². The number of rotatable bonds is 5. The summed E-state index contributed by atoms with van der Waals surface area (Å²) in [6.07, 6.45) is 1.64. The van der Waals surface area contributed by atoms with Crippen molar-refractivity contribution in [3.05, 3.63) is 86.1 Å². The third kappa shape index (κ3) is 3.41. The number of pyridine rings is 1. The number of nitro benzene ring substituents is 1. The molecule has 4 aromatic rings. The predicted octanol–water partition coefficient (Wildman–Crippen LogP) is 3.20. The van der Waals surface area contributed by atoms with Crippen molar-refractivity contribution < 1.29 is 9.66 Å². The number of ether oxygens (including phenoxy) is 1. The zero-order valence-electron chi connectivity index (χ0n) is 16.7. The van der Waals surface area contributed by atoms with Crippen LogP contribution < -0.4 is 10.3 Å². The van der Waals surface area contributed by atoms with Crippen LogP contribution >= 0.6 is 0 Å². The van der Waals surface area contributed by atoms with Crippen LogP contribution in [0.4, 0.5) is 5.69 Å². The molecule has 152 valence electrons. The highest BCUT2D eigenvalue weighted by molar-refractivity contribution is 5.65. The molecule has 0 N–H and O–H groups in total. The summed E-state index contributed by atoms with van der Waals surface area (Å²) in [6.45, 7) is 3.88. The van der Waals surface area contributed by atoms with Crippen molar-refractivity contribution in [1.82, 2.24) is 19.2 Å². The molecule has 1 aromatic carbocycles. The highest BCUT2D eigenvalue weighted by Crippen LogP contribution is 2.23. The Morgan fingerprint density at radius 3 is 2.53 bits per heavy atom. The number of fused-ring (bicyclic) bond motifs is 1. The van der Waals surface area contributed by atoms with E-state index in [0.717, 1.165) is 11.3 Å². The average Bonchev–Trinajstić information content (AvgIpc) is 3.04. The maximum Gasteiger partial charge on any atom is 0.269 e. The van der Waals surface area contributed by atoms with Crippen molar-refractivity contribution in [2.24, 2.45) is 7.05 Å². The maximum absolute atomic E-state index is 13.2. The first-order valence-electron chi connectivity index (χ1n) is 9.24. The fourth-order valence-corrected chi connectivity index (χ4v) is 3.21. The van der Waals surface area contributed by atoms with Crippen molar-refractivity contribution in [2.75, 3.05) is 0 Å². The Labute approximate surface area is 171 Å². The number of nitrogens with zero attached hydrogens (tertiary/aromatic N) is 5. The van der Waals surface area contributed by atoms with Crippen LogP contribution in [0.2, 0.25) is 0 Å². The molecule has 9 heteroatoms. The lowest BCUT2D eigenvalue weighted by molar-refractivity contribution is -0.384. The number of non-ortho nitro benzene ring substituents is 1. The maximum atomic E-state index is 13.2. The van der Waals surface area contributed by atoms with Gasteiger partial charge in [0.2, 0.25) is 0 Å². The van der Waals surface area contributed by atoms with Crippen LogP contribution in [0, 0.1) is 24.0 Å². The molecular formula is C21H19N5O4. The molecule has 0 saturated heterocycles. The van der Waals surface area contributed by atoms with E-state index in [1.165, 1.54) is 16.5 Å². The van der Waals surface area contributed by atoms with Crippen molar-refractivity contribution in [3.63, 3.8) is 0 Å². The topological polar surface area (TPSA) is 105 Å². The molecule has 0 aliphatic carbocycles. The first-order valence-corrected chi connectivity index (χ1v) is 9.24. The molecule has 0 aliphatic rings. The number of aromatic nitrogens is 4. The number of benzene rings is 1. The number of nitro groups is 1. The second-order valence-corrected chi connectivity index (χ2v) is 6.95. The van der Waals surface area contributed by atoms with Gasteiger partial charge in [-0.3, -0.25) is 24.0 Å². The molecule has 3 heterocycles. The summed E-state index contributed by atoms with van der Waals surface area (Å²) in [5.41, 5.74) is 3.49. The van der Waals surface area contributed by atoms with Gasteiger partial charge in [-0.05, 0) is 49.7 Å². The first-order chi connectivity index (χ1) is 14.3. The van der Waals surface area contributed by atoms with Gasteiger partial charge in [-0.2, -0.15) is 5.10 Å². The van der Waals surface area contributed by atoms with E-state index in [0.29, 0.717) is 28.3 Å². The van der Waals surface area contributed by atoms with Crippen LogP contribution in [0.5, 0.6) is 5.75 Å².